The number of halogens is 1. The van der Waals surface area contributed by atoms with Gasteiger partial charge in [0, 0.05) is 18.5 Å². The number of rotatable bonds is 13. The molecular formula is C27H36ClNO4. The zero-order valence-corrected chi connectivity index (χ0v) is 20.4. The molecule has 3 rings (SSSR count). The van der Waals surface area contributed by atoms with Crippen LogP contribution in [0.15, 0.2) is 42.5 Å². The molecule has 0 unspecified atom stereocenters. The second-order valence-corrected chi connectivity index (χ2v) is 9.65. The number of carbonyl (C=O) groups is 1. The van der Waals surface area contributed by atoms with Gasteiger partial charge in [0.1, 0.15) is 18.5 Å². The van der Waals surface area contributed by atoms with E-state index in [9.17, 15) is 9.90 Å². The summed E-state index contributed by atoms with van der Waals surface area (Å²) in [4.78, 5) is 10.7. The number of benzene rings is 2. The molecule has 1 aliphatic carbocycles. The van der Waals surface area contributed by atoms with E-state index < -0.39 is 12.1 Å². The van der Waals surface area contributed by atoms with E-state index in [2.05, 4.69) is 43.4 Å². The minimum absolute atomic E-state index is 0.00285. The van der Waals surface area contributed by atoms with Gasteiger partial charge in [-0.25, -0.2) is 0 Å². The van der Waals surface area contributed by atoms with Crippen molar-refractivity contribution in [3.8, 4) is 5.75 Å². The molecule has 1 aliphatic rings. The highest BCUT2D eigenvalue weighted by atomic mass is 35.5. The maximum Gasteiger partial charge on any atom is 0.303 e. The van der Waals surface area contributed by atoms with E-state index in [0.717, 1.165) is 37.7 Å². The molecule has 0 amide bonds. The number of aliphatic hydroxyl groups excluding tert-OH is 1. The number of β-amino-alcohol motifs (C(OH)–C–C–N with tert-alkyl or cyclic N) is 1. The Kier molecular flexibility index (Phi) is 9.19. The molecule has 2 aromatic rings. The van der Waals surface area contributed by atoms with Crippen LogP contribution in [0.1, 0.15) is 56.2 Å². The summed E-state index contributed by atoms with van der Waals surface area (Å²) in [5.41, 5.74) is 3.80. The standard InChI is InChI=1S/C27H36ClNO4/c1-3-27(4-2,16-20-13-21-7-5-6-8-22(21)14-20)29-17-23(30)18-33-25-11-9-19(15-24(25)28)10-12-26(31)32/h5-9,11,15,20,23,29-30H,3-4,10,12-14,16-18H2,1-2H3,(H,31,32)/t23-/m1/s1. The predicted molar refractivity (Wildman–Crippen MR) is 132 cm³/mol. The summed E-state index contributed by atoms with van der Waals surface area (Å²) in [5.74, 6) is 0.284. The highest BCUT2D eigenvalue weighted by Crippen LogP contribution is 2.34. The normalized spacial score (nSPS) is 14.8. The van der Waals surface area contributed by atoms with E-state index in [1.807, 2.05) is 6.07 Å². The number of aryl methyl sites for hydroxylation is 1. The smallest absolute Gasteiger partial charge is 0.303 e. The van der Waals surface area contributed by atoms with Gasteiger partial charge < -0.3 is 20.3 Å². The molecular weight excluding hydrogens is 438 g/mol. The van der Waals surface area contributed by atoms with E-state index in [4.69, 9.17) is 21.4 Å². The minimum Gasteiger partial charge on any atom is -0.489 e. The number of hydrogen-bond donors (Lipinski definition) is 3. The van der Waals surface area contributed by atoms with Crippen LogP contribution in [0.25, 0.3) is 0 Å². The Labute approximate surface area is 202 Å². The Balaban J connectivity index is 1.49. The van der Waals surface area contributed by atoms with E-state index >= 15 is 0 Å². The summed E-state index contributed by atoms with van der Waals surface area (Å²) in [6.07, 6.45) is 5.19. The van der Waals surface area contributed by atoms with Crippen LogP contribution in [0.3, 0.4) is 0 Å². The molecule has 5 nitrogen and oxygen atoms in total. The molecule has 1 atom stereocenters. The van der Waals surface area contributed by atoms with Crippen molar-refractivity contribution in [3.05, 3.63) is 64.2 Å². The van der Waals surface area contributed by atoms with Crippen LogP contribution < -0.4 is 10.1 Å². The first-order chi connectivity index (χ1) is 15.8. The molecule has 33 heavy (non-hydrogen) atoms. The van der Waals surface area contributed by atoms with Crippen molar-refractivity contribution in [1.82, 2.24) is 5.32 Å². The maximum atomic E-state index is 10.7. The molecule has 2 aromatic carbocycles. The number of carboxylic acids is 1. The summed E-state index contributed by atoms with van der Waals surface area (Å²) >= 11 is 6.29. The SMILES string of the molecule is CCC(CC)(CC1Cc2ccccc2C1)NC[C@@H](O)COc1ccc(CCC(=O)O)cc1Cl. The zero-order chi connectivity index (χ0) is 23.8. The Morgan fingerprint density at radius 2 is 1.85 bits per heavy atom. The lowest BCUT2D eigenvalue weighted by molar-refractivity contribution is -0.136. The van der Waals surface area contributed by atoms with E-state index in [1.54, 1.807) is 12.1 Å². The van der Waals surface area contributed by atoms with Crippen LogP contribution in [0.4, 0.5) is 0 Å². The van der Waals surface area contributed by atoms with Crippen LogP contribution in [0.5, 0.6) is 5.75 Å². The number of aliphatic hydroxyl groups is 1. The average Bonchev–Trinajstić information content (AvgIpc) is 3.22. The summed E-state index contributed by atoms with van der Waals surface area (Å²) in [6, 6.07) is 14.0. The zero-order valence-electron chi connectivity index (χ0n) is 19.6. The number of hydrogen-bond acceptors (Lipinski definition) is 4. The second-order valence-electron chi connectivity index (χ2n) is 9.24. The monoisotopic (exact) mass is 473 g/mol. The molecule has 180 valence electrons. The van der Waals surface area contributed by atoms with Gasteiger partial charge in [-0.1, -0.05) is 55.8 Å². The van der Waals surface area contributed by atoms with Gasteiger partial charge in [-0.15, -0.1) is 0 Å². The van der Waals surface area contributed by atoms with Crippen molar-refractivity contribution < 1.29 is 19.7 Å². The van der Waals surface area contributed by atoms with Crippen molar-refractivity contribution in [2.45, 2.75) is 70.4 Å². The summed E-state index contributed by atoms with van der Waals surface area (Å²) in [5, 5.41) is 23.5. The summed E-state index contributed by atoms with van der Waals surface area (Å²) in [6.45, 7) is 5.02. The van der Waals surface area contributed by atoms with Crippen LogP contribution in [0, 0.1) is 5.92 Å². The number of fused-ring (bicyclic) bond motifs is 1. The molecule has 0 spiro atoms. The third-order valence-corrected chi connectivity index (χ3v) is 7.23. The maximum absolute atomic E-state index is 10.7. The number of aliphatic carboxylic acids is 1. The highest BCUT2D eigenvalue weighted by Gasteiger charge is 2.32. The van der Waals surface area contributed by atoms with Gasteiger partial charge in [-0.05, 0) is 73.3 Å². The third kappa shape index (κ3) is 7.20. The molecule has 0 radical (unpaired) electrons. The fraction of sp³-hybridized carbons (Fsp3) is 0.519. The van der Waals surface area contributed by atoms with Crippen molar-refractivity contribution in [3.63, 3.8) is 0 Å². The van der Waals surface area contributed by atoms with Gasteiger partial charge in [0.05, 0.1) is 5.02 Å². The summed E-state index contributed by atoms with van der Waals surface area (Å²) < 4.78 is 5.75. The van der Waals surface area contributed by atoms with Gasteiger partial charge in [-0.2, -0.15) is 0 Å². The molecule has 0 aromatic heterocycles. The van der Waals surface area contributed by atoms with Crippen molar-refractivity contribution in [2.24, 2.45) is 5.92 Å². The Morgan fingerprint density at radius 3 is 2.42 bits per heavy atom. The number of nitrogens with one attached hydrogen (secondary N) is 1. The van der Waals surface area contributed by atoms with Gasteiger partial charge >= 0.3 is 5.97 Å². The molecule has 0 saturated carbocycles. The van der Waals surface area contributed by atoms with Crippen molar-refractivity contribution in [1.29, 1.82) is 0 Å². The van der Waals surface area contributed by atoms with Crippen molar-refractivity contribution in [2.75, 3.05) is 13.2 Å². The minimum atomic E-state index is -0.838. The first kappa shape index (κ1) is 25.5. The van der Waals surface area contributed by atoms with Crippen LogP contribution in [-0.2, 0) is 24.1 Å². The Morgan fingerprint density at radius 1 is 1.18 bits per heavy atom. The van der Waals surface area contributed by atoms with Crippen LogP contribution >= 0.6 is 11.6 Å². The lowest BCUT2D eigenvalue weighted by atomic mass is 9.81. The Bertz CT molecular complexity index is 903. The first-order valence-corrected chi connectivity index (χ1v) is 12.3. The number of ether oxygens (including phenoxy) is 1. The predicted octanol–water partition coefficient (Wildman–Crippen LogP) is 5.05. The molecule has 6 heteroatoms. The van der Waals surface area contributed by atoms with Crippen molar-refractivity contribution >= 4 is 17.6 Å². The second kappa shape index (κ2) is 11.9. The fourth-order valence-corrected chi connectivity index (χ4v) is 5.11. The largest absolute Gasteiger partial charge is 0.489 e. The topological polar surface area (TPSA) is 78.8 Å². The highest BCUT2D eigenvalue weighted by molar-refractivity contribution is 6.32. The van der Waals surface area contributed by atoms with Gasteiger partial charge in [0.25, 0.3) is 0 Å². The molecule has 3 N–H and O–H groups in total. The van der Waals surface area contributed by atoms with Gasteiger partial charge in [0.15, 0.2) is 0 Å². The molecule has 0 saturated heterocycles. The molecule has 0 heterocycles. The van der Waals surface area contributed by atoms with Crippen LogP contribution in [0.2, 0.25) is 5.02 Å². The van der Waals surface area contributed by atoms with E-state index in [-0.39, 0.29) is 18.6 Å². The van der Waals surface area contributed by atoms with Gasteiger partial charge in [0.2, 0.25) is 0 Å². The molecule has 0 fully saturated rings. The average molecular weight is 474 g/mol. The quantitative estimate of drug-likeness (QED) is 0.379. The Hall–Kier alpha value is -2.08. The van der Waals surface area contributed by atoms with E-state index in [1.165, 1.54) is 11.1 Å². The third-order valence-electron chi connectivity index (χ3n) is 6.94. The lowest BCUT2D eigenvalue weighted by Gasteiger charge is -2.36. The molecule has 0 aliphatic heterocycles. The summed E-state index contributed by atoms with van der Waals surface area (Å²) in [7, 11) is 0. The van der Waals surface area contributed by atoms with Crippen LogP contribution in [-0.4, -0.2) is 41.0 Å². The lowest BCUT2D eigenvalue weighted by Crippen LogP contribution is -2.49. The van der Waals surface area contributed by atoms with E-state index in [0.29, 0.717) is 29.7 Å². The number of carboxylic acid groups (broad SMARTS) is 1. The molecule has 0 bridgehead atoms. The van der Waals surface area contributed by atoms with Gasteiger partial charge in [-0.3, -0.25) is 4.79 Å². The first-order valence-electron chi connectivity index (χ1n) is 12.0. The fourth-order valence-electron chi connectivity index (χ4n) is 4.86.